The molecule has 0 aliphatic carbocycles. The summed E-state index contributed by atoms with van der Waals surface area (Å²) in [5, 5.41) is 12.1. The van der Waals surface area contributed by atoms with Gasteiger partial charge in [0.05, 0.1) is 0 Å². The lowest BCUT2D eigenvalue weighted by Crippen LogP contribution is -2.29. The van der Waals surface area contributed by atoms with E-state index in [9.17, 15) is 4.79 Å². The molecule has 2 N–H and O–H groups in total. The third-order valence-corrected chi connectivity index (χ3v) is 2.72. The van der Waals surface area contributed by atoms with Gasteiger partial charge in [-0.1, -0.05) is 34.5 Å². The van der Waals surface area contributed by atoms with E-state index in [0.29, 0.717) is 17.1 Å². The van der Waals surface area contributed by atoms with Crippen LogP contribution in [0, 0.1) is 5.92 Å². The molecule has 1 unspecified atom stereocenters. The van der Waals surface area contributed by atoms with Crippen molar-refractivity contribution in [2.24, 2.45) is 5.92 Å². The van der Waals surface area contributed by atoms with Gasteiger partial charge in [0.2, 0.25) is 0 Å². The summed E-state index contributed by atoms with van der Waals surface area (Å²) in [6.45, 7) is 2.35. The van der Waals surface area contributed by atoms with Crippen molar-refractivity contribution in [3.05, 3.63) is 33.3 Å². The molecule has 1 atom stereocenters. The average Bonchev–Trinajstić information content (AvgIpc) is 2.23. The number of aliphatic hydroxyl groups excluding tert-OH is 1. The van der Waals surface area contributed by atoms with Crippen molar-refractivity contribution < 1.29 is 9.90 Å². The molecule has 0 spiro atoms. The predicted octanol–water partition coefficient (Wildman–Crippen LogP) is 2.46. The van der Waals surface area contributed by atoms with E-state index in [1.807, 2.05) is 6.92 Å². The second kappa shape index (κ2) is 6.23. The van der Waals surface area contributed by atoms with Gasteiger partial charge in [-0.15, -0.1) is 0 Å². The van der Waals surface area contributed by atoms with Crippen molar-refractivity contribution in [3.63, 3.8) is 0 Å². The molecule has 1 rings (SSSR count). The number of hydrogen-bond acceptors (Lipinski definition) is 2. The van der Waals surface area contributed by atoms with E-state index in [1.54, 1.807) is 18.2 Å². The fraction of sp³-hybridized carbons (Fsp3) is 0.364. The number of hydrogen-bond donors (Lipinski definition) is 2. The van der Waals surface area contributed by atoms with E-state index in [2.05, 4.69) is 21.2 Å². The van der Waals surface area contributed by atoms with Crippen molar-refractivity contribution in [1.82, 2.24) is 5.32 Å². The third-order valence-electron chi connectivity index (χ3n) is 2.05. The molecular weight excluding hydrogens is 293 g/mol. The summed E-state index contributed by atoms with van der Waals surface area (Å²) in [4.78, 5) is 11.7. The monoisotopic (exact) mass is 305 g/mol. The Morgan fingerprint density at radius 1 is 1.56 bits per heavy atom. The molecule has 1 aromatic rings. The first-order valence-electron chi connectivity index (χ1n) is 4.88. The summed E-state index contributed by atoms with van der Waals surface area (Å²) >= 11 is 9.10. The van der Waals surface area contributed by atoms with Gasteiger partial charge in [-0.05, 0) is 24.1 Å². The van der Waals surface area contributed by atoms with Crippen LogP contribution in [0.2, 0.25) is 5.02 Å². The lowest BCUT2D eigenvalue weighted by atomic mass is 10.2. The fourth-order valence-electron chi connectivity index (χ4n) is 1.12. The van der Waals surface area contributed by atoms with Crippen molar-refractivity contribution in [2.75, 3.05) is 13.2 Å². The summed E-state index contributed by atoms with van der Waals surface area (Å²) < 4.78 is 0.764. The zero-order valence-electron chi connectivity index (χ0n) is 8.84. The highest BCUT2D eigenvalue weighted by Crippen LogP contribution is 2.19. The Hall–Kier alpha value is -0.580. The Kier molecular flexibility index (Phi) is 5.25. The Labute approximate surface area is 108 Å². The van der Waals surface area contributed by atoms with Gasteiger partial charge in [0.15, 0.2) is 0 Å². The number of rotatable bonds is 4. The maximum Gasteiger partial charge on any atom is 0.251 e. The summed E-state index contributed by atoms with van der Waals surface area (Å²) in [7, 11) is 0. The summed E-state index contributed by atoms with van der Waals surface area (Å²) in [5.74, 6) is -0.143. The number of aliphatic hydroxyl groups is 1. The summed E-state index contributed by atoms with van der Waals surface area (Å²) in [6, 6.07) is 5.02. The van der Waals surface area contributed by atoms with Crippen LogP contribution in [0.4, 0.5) is 0 Å². The Morgan fingerprint density at radius 2 is 2.25 bits per heavy atom. The van der Waals surface area contributed by atoms with E-state index >= 15 is 0 Å². The molecule has 1 aromatic carbocycles. The Bertz CT molecular complexity index is 364. The first kappa shape index (κ1) is 13.5. The van der Waals surface area contributed by atoms with Gasteiger partial charge in [0.25, 0.3) is 5.91 Å². The number of benzene rings is 1. The average molecular weight is 307 g/mol. The highest BCUT2D eigenvalue weighted by molar-refractivity contribution is 9.10. The minimum atomic E-state index is -0.191. The van der Waals surface area contributed by atoms with Crippen LogP contribution < -0.4 is 5.32 Å². The van der Waals surface area contributed by atoms with Crippen molar-refractivity contribution in [2.45, 2.75) is 6.92 Å². The molecule has 0 bridgehead atoms. The zero-order valence-corrected chi connectivity index (χ0v) is 11.2. The quantitative estimate of drug-likeness (QED) is 0.898. The van der Waals surface area contributed by atoms with Crippen molar-refractivity contribution >= 4 is 33.4 Å². The van der Waals surface area contributed by atoms with Crippen LogP contribution in [0.15, 0.2) is 22.7 Å². The minimum Gasteiger partial charge on any atom is -0.396 e. The van der Waals surface area contributed by atoms with E-state index in [-0.39, 0.29) is 18.4 Å². The zero-order chi connectivity index (χ0) is 12.1. The molecule has 0 aliphatic heterocycles. The minimum absolute atomic E-state index is 0.0478. The third kappa shape index (κ3) is 4.12. The van der Waals surface area contributed by atoms with E-state index in [4.69, 9.17) is 16.7 Å². The molecule has 1 amide bonds. The van der Waals surface area contributed by atoms with Crippen LogP contribution in [0.3, 0.4) is 0 Å². The molecular formula is C11H13BrClNO2. The molecule has 0 aromatic heterocycles. The molecule has 5 heteroatoms. The topological polar surface area (TPSA) is 49.3 Å². The molecule has 0 saturated carbocycles. The SMILES string of the molecule is CC(CO)CNC(=O)c1cc(Cl)cc(Br)c1. The molecule has 0 fully saturated rings. The van der Waals surface area contributed by atoms with Gasteiger partial charge in [0.1, 0.15) is 0 Å². The maximum absolute atomic E-state index is 11.7. The Morgan fingerprint density at radius 3 is 2.81 bits per heavy atom. The van der Waals surface area contributed by atoms with Gasteiger partial charge in [-0.2, -0.15) is 0 Å². The van der Waals surface area contributed by atoms with Gasteiger partial charge < -0.3 is 10.4 Å². The van der Waals surface area contributed by atoms with Gasteiger partial charge in [0, 0.05) is 28.2 Å². The van der Waals surface area contributed by atoms with Gasteiger partial charge >= 0.3 is 0 Å². The maximum atomic E-state index is 11.7. The van der Waals surface area contributed by atoms with Crippen LogP contribution in [-0.2, 0) is 0 Å². The smallest absolute Gasteiger partial charge is 0.251 e. The summed E-state index contributed by atoms with van der Waals surface area (Å²) in [6.07, 6.45) is 0. The summed E-state index contributed by atoms with van der Waals surface area (Å²) in [5.41, 5.74) is 0.504. The normalized spacial score (nSPS) is 12.2. The number of amides is 1. The molecule has 3 nitrogen and oxygen atoms in total. The van der Waals surface area contributed by atoms with E-state index in [0.717, 1.165) is 4.47 Å². The molecule has 16 heavy (non-hydrogen) atoms. The van der Waals surface area contributed by atoms with Crippen LogP contribution >= 0.6 is 27.5 Å². The van der Waals surface area contributed by atoms with E-state index in [1.165, 1.54) is 0 Å². The number of halogens is 2. The molecule has 0 radical (unpaired) electrons. The fourth-order valence-corrected chi connectivity index (χ4v) is 1.98. The lowest BCUT2D eigenvalue weighted by molar-refractivity contribution is 0.0942. The second-order valence-corrected chi connectivity index (χ2v) is 5.01. The molecule has 0 heterocycles. The van der Waals surface area contributed by atoms with Crippen LogP contribution in [0.1, 0.15) is 17.3 Å². The molecule has 88 valence electrons. The number of carbonyl (C=O) groups is 1. The van der Waals surface area contributed by atoms with Crippen LogP contribution in [0.25, 0.3) is 0 Å². The highest BCUT2D eigenvalue weighted by atomic mass is 79.9. The van der Waals surface area contributed by atoms with Gasteiger partial charge in [-0.3, -0.25) is 4.79 Å². The number of carbonyl (C=O) groups excluding carboxylic acids is 1. The first-order valence-corrected chi connectivity index (χ1v) is 6.05. The Balaban J connectivity index is 2.66. The molecule has 0 saturated heterocycles. The highest BCUT2D eigenvalue weighted by Gasteiger charge is 2.08. The first-order chi connectivity index (χ1) is 7.52. The van der Waals surface area contributed by atoms with Gasteiger partial charge in [-0.25, -0.2) is 0 Å². The van der Waals surface area contributed by atoms with Crippen LogP contribution in [0.5, 0.6) is 0 Å². The molecule has 0 aliphatic rings. The largest absolute Gasteiger partial charge is 0.396 e. The predicted molar refractivity (Wildman–Crippen MR) is 67.7 cm³/mol. The second-order valence-electron chi connectivity index (χ2n) is 3.66. The standard InChI is InChI=1S/C11H13BrClNO2/c1-7(6-15)5-14-11(16)8-2-9(12)4-10(13)3-8/h2-4,7,15H,5-6H2,1H3,(H,14,16). The van der Waals surface area contributed by atoms with E-state index < -0.39 is 0 Å². The van der Waals surface area contributed by atoms with Crippen molar-refractivity contribution in [3.8, 4) is 0 Å². The van der Waals surface area contributed by atoms with Crippen LogP contribution in [-0.4, -0.2) is 24.2 Å². The van der Waals surface area contributed by atoms with Crippen molar-refractivity contribution in [1.29, 1.82) is 0 Å². The lowest BCUT2D eigenvalue weighted by Gasteiger charge is -2.10. The number of nitrogens with one attached hydrogen (secondary N) is 1.